The summed E-state index contributed by atoms with van der Waals surface area (Å²) in [5.41, 5.74) is 3.45. The predicted molar refractivity (Wildman–Crippen MR) is 105 cm³/mol. The lowest BCUT2D eigenvalue weighted by Gasteiger charge is -2.21. The molecule has 4 rings (SSSR count). The normalized spacial score (nSPS) is 25.9. The van der Waals surface area contributed by atoms with E-state index in [0.29, 0.717) is 12.8 Å². The van der Waals surface area contributed by atoms with Gasteiger partial charge in [-0.1, -0.05) is 42.5 Å². The average molecular weight is 380 g/mol. The molecule has 0 radical (unpaired) electrons. The summed E-state index contributed by atoms with van der Waals surface area (Å²) in [4.78, 5) is 8.45. The molecule has 5 atom stereocenters. The molecule has 3 N–H and O–H groups in total. The van der Waals surface area contributed by atoms with Crippen molar-refractivity contribution in [1.82, 2.24) is 9.97 Å². The van der Waals surface area contributed by atoms with Gasteiger partial charge in [-0.2, -0.15) is 0 Å². The van der Waals surface area contributed by atoms with Gasteiger partial charge in [0.1, 0.15) is 30.7 Å². The zero-order valence-corrected chi connectivity index (χ0v) is 15.6. The molecule has 6 heteroatoms. The Balaban J connectivity index is 1.49. The third-order valence-electron chi connectivity index (χ3n) is 5.44. The topological polar surface area (TPSA) is 95.7 Å². The maximum absolute atomic E-state index is 10.6. The first-order chi connectivity index (χ1) is 13.5. The van der Waals surface area contributed by atoms with Crippen LogP contribution in [0.4, 0.5) is 0 Å². The second-order valence-corrected chi connectivity index (χ2v) is 7.33. The monoisotopic (exact) mass is 380 g/mol. The van der Waals surface area contributed by atoms with Gasteiger partial charge in [0.05, 0.1) is 11.6 Å². The molecule has 0 unspecified atom stereocenters. The molecule has 0 amide bonds. The summed E-state index contributed by atoms with van der Waals surface area (Å²) in [5.74, 6) is 0. The molecule has 0 spiro atoms. The van der Waals surface area contributed by atoms with Crippen LogP contribution >= 0.6 is 0 Å². The fourth-order valence-electron chi connectivity index (χ4n) is 3.81. The summed E-state index contributed by atoms with van der Waals surface area (Å²) in [6, 6.07) is 15.4. The van der Waals surface area contributed by atoms with Crippen molar-refractivity contribution >= 4 is 10.9 Å². The molecule has 6 nitrogen and oxygen atoms in total. The molecule has 1 saturated heterocycles. The van der Waals surface area contributed by atoms with Crippen LogP contribution in [0.5, 0.6) is 0 Å². The van der Waals surface area contributed by atoms with E-state index in [2.05, 4.69) is 9.97 Å². The minimum Gasteiger partial charge on any atom is -0.390 e. The van der Waals surface area contributed by atoms with E-state index in [-0.39, 0.29) is 0 Å². The number of aryl methyl sites for hydroxylation is 2. The lowest BCUT2D eigenvalue weighted by atomic mass is 9.96. The Morgan fingerprint density at radius 2 is 1.82 bits per heavy atom. The Bertz CT molecular complexity index is 950. The van der Waals surface area contributed by atoms with Crippen molar-refractivity contribution in [2.75, 3.05) is 0 Å². The number of fused-ring (bicyclic) bond motifs is 1. The Labute approximate surface area is 163 Å². The minimum absolute atomic E-state index is 0.440. The number of benzene rings is 2. The van der Waals surface area contributed by atoms with E-state index in [1.54, 1.807) is 0 Å². The molecule has 1 fully saturated rings. The van der Waals surface area contributed by atoms with Crippen molar-refractivity contribution in [3.8, 4) is 0 Å². The van der Waals surface area contributed by atoms with Crippen molar-refractivity contribution in [2.24, 2.45) is 0 Å². The number of aliphatic hydroxyl groups is 3. The van der Waals surface area contributed by atoms with Gasteiger partial charge in [0.2, 0.25) is 0 Å². The largest absolute Gasteiger partial charge is 0.390 e. The van der Waals surface area contributed by atoms with Crippen molar-refractivity contribution in [2.45, 2.75) is 50.3 Å². The van der Waals surface area contributed by atoms with Crippen LogP contribution < -0.4 is 0 Å². The summed E-state index contributed by atoms with van der Waals surface area (Å²) >= 11 is 0. The second-order valence-electron chi connectivity index (χ2n) is 7.33. The van der Waals surface area contributed by atoms with E-state index >= 15 is 0 Å². The van der Waals surface area contributed by atoms with Crippen LogP contribution in [0.25, 0.3) is 10.9 Å². The smallest absolute Gasteiger partial charge is 0.116 e. The standard InChI is InChI=1S/C22H24N2O4/c1-13-16-9-8-15(11-17(16)24-12-23-13)21-19(26)20(27)22(28-21)18(25)10-7-14-5-3-2-4-6-14/h2-6,8-9,11-12,18-22,25-27H,7,10H2,1H3/t18-,19+,20-,21-,22+/m0/s1. The van der Waals surface area contributed by atoms with Gasteiger partial charge in [0, 0.05) is 11.1 Å². The first-order valence-electron chi connectivity index (χ1n) is 9.49. The molecule has 28 heavy (non-hydrogen) atoms. The first-order valence-corrected chi connectivity index (χ1v) is 9.49. The van der Waals surface area contributed by atoms with Crippen LogP contribution in [0, 0.1) is 6.92 Å². The minimum atomic E-state index is -1.15. The van der Waals surface area contributed by atoms with E-state index in [4.69, 9.17) is 4.74 Å². The van der Waals surface area contributed by atoms with Gasteiger partial charge < -0.3 is 20.1 Å². The van der Waals surface area contributed by atoms with Gasteiger partial charge in [-0.05, 0) is 37.0 Å². The van der Waals surface area contributed by atoms with Gasteiger partial charge in [-0.3, -0.25) is 0 Å². The van der Waals surface area contributed by atoms with Crippen LogP contribution in [0.2, 0.25) is 0 Å². The van der Waals surface area contributed by atoms with Crippen LogP contribution in [0.15, 0.2) is 54.9 Å². The van der Waals surface area contributed by atoms with Gasteiger partial charge in [0.15, 0.2) is 0 Å². The maximum atomic E-state index is 10.6. The van der Waals surface area contributed by atoms with Gasteiger partial charge in [0.25, 0.3) is 0 Å². The number of ether oxygens (including phenoxy) is 1. The van der Waals surface area contributed by atoms with E-state index in [1.807, 2.05) is 55.5 Å². The Hall–Kier alpha value is -2.38. The molecule has 2 aromatic carbocycles. The highest BCUT2D eigenvalue weighted by Crippen LogP contribution is 2.36. The van der Waals surface area contributed by atoms with Crippen LogP contribution in [-0.2, 0) is 11.2 Å². The zero-order valence-electron chi connectivity index (χ0n) is 15.6. The number of hydrogen-bond donors (Lipinski definition) is 3. The molecule has 0 saturated carbocycles. The fourth-order valence-corrected chi connectivity index (χ4v) is 3.81. The van der Waals surface area contributed by atoms with Crippen LogP contribution in [-0.4, -0.2) is 49.7 Å². The SMILES string of the molecule is Cc1ncnc2cc([C@@H]3O[C@H]([C@@H](O)CCc4ccccc4)[C@@H](O)[C@H]3O)ccc12. The molecule has 1 aromatic heterocycles. The zero-order chi connectivity index (χ0) is 19.7. The molecular formula is C22H24N2O4. The molecule has 1 aliphatic rings. The van der Waals surface area contributed by atoms with E-state index < -0.39 is 30.5 Å². The third-order valence-corrected chi connectivity index (χ3v) is 5.44. The second kappa shape index (κ2) is 7.93. The highest BCUT2D eigenvalue weighted by Gasteiger charge is 2.46. The predicted octanol–water partition coefficient (Wildman–Crippen LogP) is 2.09. The van der Waals surface area contributed by atoms with E-state index in [0.717, 1.165) is 27.7 Å². The van der Waals surface area contributed by atoms with E-state index in [9.17, 15) is 15.3 Å². The lowest BCUT2D eigenvalue weighted by Crippen LogP contribution is -2.38. The van der Waals surface area contributed by atoms with Gasteiger partial charge in [-0.25, -0.2) is 9.97 Å². The first kappa shape index (κ1) is 19.0. The molecule has 3 aromatic rings. The van der Waals surface area contributed by atoms with Crippen LogP contribution in [0.3, 0.4) is 0 Å². The lowest BCUT2D eigenvalue weighted by molar-refractivity contribution is -0.0681. The summed E-state index contributed by atoms with van der Waals surface area (Å²) in [6.07, 6.45) is -2.09. The summed E-state index contributed by atoms with van der Waals surface area (Å²) in [6.45, 7) is 1.91. The fraction of sp³-hybridized carbons (Fsp3) is 0.364. The molecule has 2 heterocycles. The molecule has 1 aliphatic heterocycles. The number of rotatable bonds is 5. The number of hydrogen-bond acceptors (Lipinski definition) is 6. The summed E-state index contributed by atoms with van der Waals surface area (Å²) in [7, 11) is 0. The quantitative estimate of drug-likeness (QED) is 0.627. The maximum Gasteiger partial charge on any atom is 0.116 e. The summed E-state index contributed by atoms with van der Waals surface area (Å²) in [5, 5.41) is 32.5. The Morgan fingerprint density at radius 3 is 2.61 bits per heavy atom. The third kappa shape index (κ3) is 3.64. The van der Waals surface area contributed by atoms with E-state index in [1.165, 1.54) is 6.33 Å². The summed E-state index contributed by atoms with van der Waals surface area (Å²) < 4.78 is 5.91. The Kier molecular flexibility index (Phi) is 5.37. The molecule has 146 valence electrons. The van der Waals surface area contributed by atoms with Gasteiger partial charge >= 0.3 is 0 Å². The van der Waals surface area contributed by atoms with Crippen molar-refractivity contribution in [3.63, 3.8) is 0 Å². The van der Waals surface area contributed by atoms with Crippen molar-refractivity contribution < 1.29 is 20.1 Å². The molecule has 0 aliphatic carbocycles. The average Bonchev–Trinajstić information content (AvgIpc) is 3.02. The highest BCUT2D eigenvalue weighted by molar-refractivity contribution is 5.81. The molecule has 0 bridgehead atoms. The Morgan fingerprint density at radius 1 is 1.04 bits per heavy atom. The molecular weight excluding hydrogens is 356 g/mol. The van der Waals surface area contributed by atoms with Crippen LogP contribution in [0.1, 0.15) is 29.3 Å². The van der Waals surface area contributed by atoms with Crippen molar-refractivity contribution in [3.05, 3.63) is 71.7 Å². The highest BCUT2D eigenvalue weighted by atomic mass is 16.6. The van der Waals surface area contributed by atoms with Crippen molar-refractivity contribution in [1.29, 1.82) is 0 Å². The van der Waals surface area contributed by atoms with Gasteiger partial charge in [-0.15, -0.1) is 0 Å². The number of aliphatic hydroxyl groups excluding tert-OH is 3. The number of aromatic nitrogens is 2. The number of nitrogens with zero attached hydrogens (tertiary/aromatic N) is 2.